The Morgan fingerprint density at radius 2 is 1.60 bits per heavy atom. The molecule has 0 aliphatic heterocycles. The fourth-order valence-corrected chi connectivity index (χ4v) is 3.93. The molecule has 2 heterocycles. The maximum absolute atomic E-state index is 13.1. The highest BCUT2D eigenvalue weighted by atomic mass is 32.2. The average molecular weight is 413 g/mol. The fraction of sp³-hybridized carbons (Fsp3) is 0.0417. The predicted molar refractivity (Wildman–Crippen MR) is 116 cm³/mol. The first-order chi connectivity index (χ1) is 14.8. The van der Waals surface area contributed by atoms with E-state index in [9.17, 15) is 4.39 Å². The topological polar surface area (TPSA) is 51.8 Å². The van der Waals surface area contributed by atoms with Crippen LogP contribution < -0.4 is 0 Å². The average Bonchev–Trinajstić information content (AvgIpc) is 3.27. The molecule has 0 spiro atoms. The van der Waals surface area contributed by atoms with Gasteiger partial charge in [-0.05, 0) is 29.8 Å². The minimum absolute atomic E-state index is 0.248. The number of fused-ring (bicyclic) bond motifs is 1. The molecule has 5 rings (SSSR count). The van der Waals surface area contributed by atoms with Gasteiger partial charge in [-0.15, -0.1) is 10.2 Å². The van der Waals surface area contributed by atoms with Gasteiger partial charge in [0, 0.05) is 16.7 Å². The van der Waals surface area contributed by atoms with Crippen LogP contribution in [-0.4, -0.2) is 15.2 Å². The van der Waals surface area contributed by atoms with Gasteiger partial charge >= 0.3 is 0 Å². The second-order valence-electron chi connectivity index (χ2n) is 6.73. The van der Waals surface area contributed by atoms with E-state index < -0.39 is 0 Å². The normalized spacial score (nSPS) is 11.1. The molecule has 3 aromatic carbocycles. The van der Waals surface area contributed by atoms with Crippen LogP contribution in [0.5, 0.6) is 0 Å². The molecule has 6 heteroatoms. The van der Waals surface area contributed by atoms with Crippen LogP contribution >= 0.6 is 11.8 Å². The van der Waals surface area contributed by atoms with Crippen LogP contribution in [0, 0.1) is 5.82 Å². The van der Waals surface area contributed by atoms with Gasteiger partial charge in [-0.3, -0.25) is 0 Å². The molecule has 4 nitrogen and oxygen atoms in total. The van der Waals surface area contributed by atoms with Gasteiger partial charge in [-0.1, -0.05) is 72.4 Å². The Bertz CT molecular complexity index is 1300. The second kappa shape index (κ2) is 8.08. The van der Waals surface area contributed by atoms with Crippen LogP contribution in [0.1, 0.15) is 5.56 Å². The summed E-state index contributed by atoms with van der Waals surface area (Å²) in [6, 6.07) is 26.3. The van der Waals surface area contributed by atoms with E-state index in [0.717, 1.165) is 33.3 Å². The van der Waals surface area contributed by atoms with Crippen LogP contribution in [0.4, 0.5) is 4.39 Å². The van der Waals surface area contributed by atoms with Crippen LogP contribution in [0.15, 0.2) is 94.6 Å². The Balaban J connectivity index is 1.49. The summed E-state index contributed by atoms with van der Waals surface area (Å²) in [5, 5.41) is 9.88. The zero-order valence-electron chi connectivity index (χ0n) is 15.8. The largest absolute Gasteiger partial charge is 0.411 e. The number of pyridine rings is 1. The summed E-state index contributed by atoms with van der Waals surface area (Å²) in [6.07, 6.45) is 0. The number of nitrogens with zero attached hydrogens (tertiary/aromatic N) is 3. The minimum atomic E-state index is -0.248. The number of hydrogen-bond donors (Lipinski definition) is 0. The van der Waals surface area contributed by atoms with E-state index in [1.165, 1.54) is 23.9 Å². The molecule has 146 valence electrons. The third-order valence-electron chi connectivity index (χ3n) is 4.70. The van der Waals surface area contributed by atoms with E-state index in [4.69, 9.17) is 9.40 Å². The number of halogens is 1. The third-order valence-corrected chi connectivity index (χ3v) is 5.59. The molecule has 30 heavy (non-hydrogen) atoms. The highest BCUT2D eigenvalue weighted by Gasteiger charge is 2.15. The van der Waals surface area contributed by atoms with Crippen molar-refractivity contribution in [1.82, 2.24) is 15.2 Å². The standard InChI is InChI=1S/C24H16FN3OS/c25-18-12-10-16(11-13-18)15-30-24-28-27-23(29-24)20-14-22(17-6-2-1-3-7-17)26-21-9-5-4-8-19(20)21/h1-14H,15H2. The van der Waals surface area contributed by atoms with E-state index in [1.807, 2.05) is 60.7 Å². The van der Waals surface area contributed by atoms with Crippen molar-refractivity contribution in [2.45, 2.75) is 11.0 Å². The Kier molecular flexibility index (Phi) is 4.99. The Morgan fingerprint density at radius 1 is 0.833 bits per heavy atom. The van der Waals surface area contributed by atoms with E-state index in [2.05, 4.69) is 10.2 Å². The van der Waals surface area contributed by atoms with Crippen molar-refractivity contribution < 1.29 is 8.81 Å². The van der Waals surface area contributed by atoms with Crippen molar-refractivity contribution in [1.29, 1.82) is 0 Å². The number of hydrogen-bond acceptors (Lipinski definition) is 5. The molecule has 5 aromatic rings. The summed E-state index contributed by atoms with van der Waals surface area (Å²) < 4.78 is 19.0. The molecule has 0 N–H and O–H groups in total. The number of thioether (sulfide) groups is 1. The lowest BCUT2D eigenvalue weighted by Gasteiger charge is -2.07. The summed E-state index contributed by atoms with van der Waals surface area (Å²) in [5.74, 6) is 0.823. The Hall–Kier alpha value is -3.51. The van der Waals surface area contributed by atoms with Crippen molar-refractivity contribution in [3.05, 3.63) is 96.3 Å². The minimum Gasteiger partial charge on any atom is -0.411 e. The summed E-state index contributed by atoms with van der Waals surface area (Å²) in [4.78, 5) is 4.80. The zero-order valence-corrected chi connectivity index (χ0v) is 16.6. The summed E-state index contributed by atoms with van der Waals surface area (Å²) in [6.45, 7) is 0. The Labute approximate surface area is 176 Å². The van der Waals surface area contributed by atoms with Gasteiger partial charge in [0.2, 0.25) is 5.89 Å². The molecule has 0 atom stereocenters. The van der Waals surface area contributed by atoms with Crippen molar-refractivity contribution >= 4 is 22.7 Å². The summed E-state index contributed by atoms with van der Waals surface area (Å²) in [5.41, 5.74) is 4.58. The van der Waals surface area contributed by atoms with Gasteiger partial charge in [0.05, 0.1) is 16.8 Å². The van der Waals surface area contributed by atoms with Gasteiger partial charge in [0.1, 0.15) is 5.82 Å². The number of benzene rings is 3. The van der Waals surface area contributed by atoms with Crippen molar-refractivity contribution in [2.75, 3.05) is 0 Å². The second-order valence-corrected chi connectivity index (χ2v) is 7.65. The highest BCUT2D eigenvalue weighted by molar-refractivity contribution is 7.98. The van der Waals surface area contributed by atoms with Gasteiger partial charge in [0.15, 0.2) is 0 Å². The van der Waals surface area contributed by atoms with E-state index >= 15 is 0 Å². The lowest BCUT2D eigenvalue weighted by Crippen LogP contribution is -1.89. The fourth-order valence-electron chi connectivity index (χ4n) is 3.21. The molecule has 0 bridgehead atoms. The van der Waals surface area contributed by atoms with Crippen molar-refractivity contribution in [3.8, 4) is 22.7 Å². The first-order valence-corrected chi connectivity index (χ1v) is 10.4. The quantitative estimate of drug-likeness (QED) is 0.313. The smallest absolute Gasteiger partial charge is 0.277 e. The molecule has 2 aromatic heterocycles. The van der Waals surface area contributed by atoms with Crippen molar-refractivity contribution in [2.24, 2.45) is 0 Å². The van der Waals surface area contributed by atoms with Crippen molar-refractivity contribution in [3.63, 3.8) is 0 Å². The SMILES string of the molecule is Fc1ccc(CSc2nnc(-c3cc(-c4ccccc4)nc4ccccc34)o2)cc1. The lowest BCUT2D eigenvalue weighted by atomic mass is 10.0. The van der Waals surface area contributed by atoms with E-state index in [0.29, 0.717) is 16.9 Å². The van der Waals surface area contributed by atoms with Crippen LogP contribution in [0.2, 0.25) is 0 Å². The number of para-hydroxylation sites is 1. The third kappa shape index (κ3) is 3.82. The maximum Gasteiger partial charge on any atom is 0.277 e. The zero-order chi connectivity index (χ0) is 20.3. The maximum atomic E-state index is 13.1. The Morgan fingerprint density at radius 3 is 2.43 bits per heavy atom. The predicted octanol–water partition coefficient (Wildman–Crippen LogP) is 6.38. The molecule has 0 saturated heterocycles. The van der Waals surface area contributed by atoms with Gasteiger partial charge in [0.25, 0.3) is 5.22 Å². The van der Waals surface area contributed by atoms with Crippen LogP contribution in [0.3, 0.4) is 0 Å². The monoisotopic (exact) mass is 413 g/mol. The number of aromatic nitrogens is 3. The van der Waals surface area contributed by atoms with Gasteiger partial charge < -0.3 is 4.42 Å². The molecule has 0 aliphatic rings. The highest BCUT2D eigenvalue weighted by Crippen LogP contribution is 2.33. The first-order valence-electron chi connectivity index (χ1n) is 9.42. The van der Waals surface area contributed by atoms with Gasteiger partial charge in [-0.2, -0.15) is 0 Å². The molecular weight excluding hydrogens is 397 g/mol. The van der Waals surface area contributed by atoms with Crippen LogP contribution in [0.25, 0.3) is 33.6 Å². The van der Waals surface area contributed by atoms with E-state index in [1.54, 1.807) is 12.1 Å². The molecule has 0 amide bonds. The van der Waals surface area contributed by atoms with Crippen LogP contribution in [-0.2, 0) is 5.75 Å². The first kappa shape index (κ1) is 18.5. The summed E-state index contributed by atoms with van der Waals surface area (Å²) in [7, 11) is 0. The molecule has 0 aliphatic carbocycles. The molecule has 0 fully saturated rings. The molecular formula is C24H16FN3OS. The molecule has 0 saturated carbocycles. The van der Waals surface area contributed by atoms with E-state index in [-0.39, 0.29) is 5.82 Å². The molecule has 0 radical (unpaired) electrons. The number of rotatable bonds is 5. The summed E-state index contributed by atoms with van der Waals surface area (Å²) >= 11 is 1.42. The molecule has 0 unspecified atom stereocenters. The van der Waals surface area contributed by atoms with Gasteiger partial charge in [-0.25, -0.2) is 9.37 Å². The lowest BCUT2D eigenvalue weighted by molar-refractivity contribution is 0.466.